The minimum atomic E-state index is -1.28. The van der Waals surface area contributed by atoms with E-state index in [4.69, 9.17) is 11.2 Å². The average molecular weight is 361 g/mol. The number of fused-ring (bicyclic) bond motifs is 2. The molecule has 1 aromatic carbocycles. The lowest BCUT2D eigenvalue weighted by Crippen LogP contribution is -2.40. The molecule has 2 atom stereocenters. The Morgan fingerprint density at radius 3 is 2.73 bits per heavy atom. The fraction of sp³-hybridized carbons (Fsp3) is 0.353. The van der Waals surface area contributed by atoms with E-state index in [1.807, 2.05) is 0 Å². The third-order valence-electron chi connectivity index (χ3n) is 4.65. The van der Waals surface area contributed by atoms with Crippen LogP contribution in [-0.4, -0.2) is 54.7 Å². The van der Waals surface area contributed by atoms with Crippen LogP contribution in [0.25, 0.3) is 0 Å². The fourth-order valence-electron chi connectivity index (χ4n) is 3.47. The number of benzene rings is 1. The summed E-state index contributed by atoms with van der Waals surface area (Å²) in [5, 5.41) is 0. The van der Waals surface area contributed by atoms with Gasteiger partial charge in [0.25, 0.3) is 11.8 Å². The average Bonchev–Trinajstić information content (AvgIpc) is 3.09. The van der Waals surface area contributed by atoms with Crippen LogP contribution in [0.4, 0.5) is 25.0 Å². The van der Waals surface area contributed by atoms with Crippen molar-refractivity contribution in [1.82, 2.24) is 4.90 Å². The number of imide groups is 1. The Kier molecular flexibility index (Phi) is 3.57. The molecule has 0 radical (unpaired) electrons. The maximum Gasteiger partial charge on any atom is 0.332 e. The van der Waals surface area contributed by atoms with Crippen LogP contribution in [0, 0.1) is 18.2 Å². The lowest BCUT2D eigenvalue weighted by atomic mass is 10.1. The Balaban J connectivity index is 1.77. The van der Waals surface area contributed by atoms with Crippen molar-refractivity contribution in [3.8, 4) is 18.1 Å². The Labute approximate surface area is 147 Å². The number of rotatable bonds is 2. The summed E-state index contributed by atoms with van der Waals surface area (Å²) >= 11 is 0. The number of carbonyl (C=O) groups is 3. The molecule has 1 aromatic rings. The van der Waals surface area contributed by atoms with Crippen molar-refractivity contribution < 1.29 is 27.9 Å². The van der Waals surface area contributed by atoms with Gasteiger partial charge in [0.15, 0.2) is 12.4 Å². The number of ether oxygens (including phenoxy) is 1. The molecule has 3 aliphatic heterocycles. The molecule has 0 aromatic heterocycles. The first-order valence-corrected chi connectivity index (χ1v) is 7.91. The molecule has 3 aliphatic rings. The number of halogens is 2. The summed E-state index contributed by atoms with van der Waals surface area (Å²) in [6.45, 7) is -0.563. The summed E-state index contributed by atoms with van der Waals surface area (Å²) in [6, 6.07) is 0.463. The summed E-state index contributed by atoms with van der Waals surface area (Å²) < 4.78 is 33.3. The largest absolute Gasteiger partial charge is 0.481 e. The Morgan fingerprint density at radius 2 is 2.04 bits per heavy atom. The van der Waals surface area contributed by atoms with Crippen LogP contribution in [0.15, 0.2) is 12.1 Å². The van der Waals surface area contributed by atoms with Gasteiger partial charge >= 0.3 is 6.03 Å². The number of carbonyl (C=O) groups excluding carboxylic acids is 3. The lowest BCUT2D eigenvalue weighted by Gasteiger charge is -2.29. The van der Waals surface area contributed by atoms with Crippen molar-refractivity contribution >= 4 is 29.2 Å². The van der Waals surface area contributed by atoms with Crippen molar-refractivity contribution in [3.63, 3.8) is 0 Å². The van der Waals surface area contributed by atoms with E-state index in [-0.39, 0.29) is 43.2 Å². The highest BCUT2D eigenvalue weighted by Crippen LogP contribution is 2.40. The van der Waals surface area contributed by atoms with Crippen LogP contribution in [0.2, 0.25) is 0 Å². The van der Waals surface area contributed by atoms with E-state index in [2.05, 4.69) is 5.92 Å². The highest BCUT2D eigenvalue weighted by atomic mass is 19.1. The zero-order valence-electron chi connectivity index (χ0n) is 13.4. The molecule has 3 heterocycles. The van der Waals surface area contributed by atoms with Gasteiger partial charge in [0.05, 0.1) is 24.5 Å². The topological polar surface area (TPSA) is 70.2 Å². The summed E-state index contributed by atoms with van der Waals surface area (Å²) in [7, 11) is 0. The number of alkyl halides is 1. The zero-order valence-corrected chi connectivity index (χ0v) is 13.4. The molecule has 0 aliphatic carbocycles. The molecule has 4 amide bonds. The van der Waals surface area contributed by atoms with Crippen LogP contribution in [0.1, 0.15) is 6.42 Å². The van der Waals surface area contributed by atoms with E-state index < -0.39 is 35.9 Å². The van der Waals surface area contributed by atoms with Crippen molar-refractivity contribution in [2.45, 2.75) is 18.6 Å². The highest BCUT2D eigenvalue weighted by molar-refractivity contribution is 6.22. The molecule has 4 rings (SSSR count). The number of hydrogen-bond acceptors (Lipinski definition) is 4. The number of amides is 4. The molecular weight excluding hydrogens is 348 g/mol. The van der Waals surface area contributed by atoms with Crippen molar-refractivity contribution in [1.29, 1.82) is 0 Å². The Hall–Kier alpha value is -3.15. The van der Waals surface area contributed by atoms with Crippen molar-refractivity contribution in [2.24, 2.45) is 0 Å². The molecule has 9 heteroatoms. The highest BCUT2D eigenvalue weighted by Gasteiger charge is 2.52. The van der Waals surface area contributed by atoms with Gasteiger partial charge in [-0.1, -0.05) is 5.92 Å². The molecule has 0 spiro atoms. The predicted molar refractivity (Wildman–Crippen MR) is 86.0 cm³/mol. The second kappa shape index (κ2) is 5.69. The molecular formula is C17H13F2N3O4. The maximum atomic E-state index is 14.6. The molecule has 0 N–H and O–H groups in total. The van der Waals surface area contributed by atoms with E-state index in [1.165, 1.54) is 11.0 Å². The van der Waals surface area contributed by atoms with Gasteiger partial charge in [-0.3, -0.25) is 14.5 Å². The molecule has 2 fully saturated rings. The van der Waals surface area contributed by atoms with Crippen LogP contribution in [-0.2, 0) is 9.59 Å². The molecule has 0 saturated carbocycles. The maximum absolute atomic E-state index is 14.6. The minimum absolute atomic E-state index is 0.0690. The first-order valence-electron chi connectivity index (χ1n) is 7.91. The van der Waals surface area contributed by atoms with Gasteiger partial charge in [-0.25, -0.2) is 18.5 Å². The van der Waals surface area contributed by atoms with Crippen LogP contribution in [0.3, 0.4) is 0 Å². The normalized spacial score (nSPS) is 24.5. The van der Waals surface area contributed by atoms with Crippen molar-refractivity contribution in [3.05, 3.63) is 17.9 Å². The van der Waals surface area contributed by atoms with E-state index >= 15 is 0 Å². The molecule has 2 unspecified atom stereocenters. The first-order chi connectivity index (χ1) is 12.4. The second-order valence-electron chi connectivity index (χ2n) is 6.20. The Morgan fingerprint density at radius 1 is 1.27 bits per heavy atom. The SMILES string of the molecule is C#CCN1C(=O)COc2cc(F)c(N3C(=O)C4CC(F)CN4C3=O)cc21. The van der Waals surface area contributed by atoms with E-state index in [9.17, 15) is 23.2 Å². The van der Waals surface area contributed by atoms with Gasteiger partial charge in [0.2, 0.25) is 0 Å². The van der Waals surface area contributed by atoms with Gasteiger partial charge in [-0.15, -0.1) is 6.42 Å². The summed E-state index contributed by atoms with van der Waals surface area (Å²) in [5.74, 6) is 0.433. The Bertz CT molecular complexity index is 857. The van der Waals surface area contributed by atoms with Crippen LogP contribution < -0.4 is 14.5 Å². The van der Waals surface area contributed by atoms with Crippen molar-refractivity contribution in [2.75, 3.05) is 29.5 Å². The number of nitrogens with zero attached hydrogens (tertiary/aromatic N) is 3. The smallest absolute Gasteiger partial charge is 0.332 e. The number of anilines is 2. The minimum Gasteiger partial charge on any atom is -0.481 e. The van der Waals surface area contributed by atoms with Gasteiger partial charge < -0.3 is 9.64 Å². The molecule has 26 heavy (non-hydrogen) atoms. The third-order valence-corrected chi connectivity index (χ3v) is 4.65. The van der Waals surface area contributed by atoms with Gasteiger partial charge in [0, 0.05) is 12.5 Å². The molecule has 134 valence electrons. The van der Waals surface area contributed by atoms with Gasteiger partial charge in [0.1, 0.15) is 18.0 Å². The quantitative estimate of drug-likeness (QED) is 0.584. The summed E-state index contributed by atoms with van der Waals surface area (Å²) in [6.07, 6.45) is 3.88. The van der Waals surface area contributed by atoms with E-state index in [0.717, 1.165) is 11.0 Å². The second-order valence-corrected chi connectivity index (χ2v) is 6.20. The first kappa shape index (κ1) is 16.3. The molecule has 0 bridgehead atoms. The van der Waals surface area contributed by atoms with E-state index in [0.29, 0.717) is 4.90 Å². The fourth-order valence-corrected chi connectivity index (χ4v) is 3.47. The monoisotopic (exact) mass is 361 g/mol. The van der Waals surface area contributed by atoms with Gasteiger partial charge in [-0.2, -0.15) is 0 Å². The predicted octanol–water partition coefficient (Wildman–Crippen LogP) is 1.06. The van der Waals surface area contributed by atoms with E-state index in [1.54, 1.807) is 0 Å². The zero-order chi connectivity index (χ0) is 18.6. The molecule has 2 saturated heterocycles. The number of hydrogen-bond donors (Lipinski definition) is 0. The third kappa shape index (κ3) is 2.22. The molecule has 7 nitrogen and oxygen atoms in total. The van der Waals surface area contributed by atoms with Crippen LogP contribution in [0.5, 0.6) is 5.75 Å². The summed E-state index contributed by atoms with van der Waals surface area (Å²) in [4.78, 5) is 40.0. The number of terminal acetylenes is 1. The summed E-state index contributed by atoms with van der Waals surface area (Å²) in [5.41, 5.74) is -0.143. The van der Waals surface area contributed by atoms with Gasteiger partial charge in [-0.05, 0) is 6.07 Å². The number of urea groups is 1. The van der Waals surface area contributed by atoms with Crippen LogP contribution >= 0.6 is 0 Å². The standard InChI is InChI=1S/C17H13F2N3O4/c1-2-3-20-12-6-11(10(19)5-14(12)26-8-15(20)23)22-16(24)13-4-9(18)7-21(13)17(22)25/h1,5-6,9,13H,3-4,7-8H2. The lowest BCUT2D eigenvalue weighted by molar-refractivity contribution is -0.121.